The normalized spacial score (nSPS) is 37.9. The second-order valence-corrected chi connectivity index (χ2v) is 6.34. The summed E-state index contributed by atoms with van der Waals surface area (Å²) in [6.07, 6.45) is 0.978. The van der Waals surface area contributed by atoms with E-state index in [1.54, 1.807) is 0 Å². The first-order chi connectivity index (χ1) is 7.82. The summed E-state index contributed by atoms with van der Waals surface area (Å²) in [5, 5.41) is 0. The average Bonchev–Trinajstić information content (AvgIpc) is 2.47. The van der Waals surface area contributed by atoms with Gasteiger partial charge < -0.3 is 19.9 Å². The van der Waals surface area contributed by atoms with E-state index in [-0.39, 0.29) is 23.3 Å². The zero-order chi connectivity index (χ0) is 12.7. The molecule has 2 saturated heterocycles. The summed E-state index contributed by atoms with van der Waals surface area (Å²) in [5.41, 5.74) is 6.08. The van der Waals surface area contributed by atoms with Gasteiger partial charge in [0, 0.05) is 12.0 Å². The molecule has 2 fully saturated rings. The third-order valence-corrected chi connectivity index (χ3v) is 3.88. The molecule has 0 aromatic heterocycles. The van der Waals surface area contributed by atoms with Crippen molar-refractivity contribution in [3.05, 3.63) is 0 Å². The van der Waals surface area contributed by atoms with Crippen LogP contribution >= 0.6 is 0 Å². The molecule has 0 radical (unpaired) electrons. The van der Waals surface area contributed by atoms with Crippen LogP contribution in [0.2, 0.25) is 0 Å². The lowest BCUT2D eigenvalue weighted by Gasteiger charge is -2.36. The van der Waals surface area contributed by atoms with E-state index in [2.05, 4.69) is 27.7 Å². The Morgan fingerprint density at radius 3 is 2.35 bits per heavy atom. The van der Waals surface area contributed by atoms with Crippen molar-refractivity contribution in [2.24, 2.45) is 11.7 Å². The molecule has 0 spiro atoms. The van der Waals surface area contributed by atoms with Gasteiger partial charge in [-0.25, -0.2) is 0 Å². The first-order valence-corrected chi connectivity index (χ1v) is 6.47. The van der Waals surface area contributed by atoms with Crippen molar-refractivity contribution < 1.29 is 14.2 Å². The minimum absolute atomic E-state index is 0.00512. The van der Waals surface area contributed by atoms with Gasteiger partial charge in [0.2, 0.25) is 0 Å². The molecule has 0 aliphatic carbocycles. The largest absolute Gasteiger partial charge is 0.376 e. The molecule has 0 saturated carbocycles. The third-order valence-electron chi connectivity index (χ3n) is 3.88. The number of nitrogens with two attached hydrogens (primary N) is 1. The molecule has 3 atom stereocenters. The second-order valence-electron chi connectivity index (χ2n) is 6.34. The first-order valence-electron chi connectivity index (χ1n) is 6.47. The van der Waals surface area contributed by atoms with Crippen LogP contribution in [0.1, 0.15) is 34.1 Å². The lowest BCUT2D eigenvalue weighted by atomic mass is 9.80. The van der Waals surface area contributed by atoms with E-state index in [9.17, 15) is 0 Å². The van der Waals surface area contributed by atoms with Crippen molar-refractivity contribution in [2.45, 2.75) is 57.5 Å². The van der Waals surface area contributed by atoms with Crippen molar-refractivity contribution in [3.63, 3.8) is 0 Å². The van der Waals surface area contributed by atoms with Crippen molar-refractivity contribution in [1.29, 1.82) is 0 Å². The minimum atomic E-state index is -0.191. The molecule has 4 nitrogen and oxygen atoms in total. The number of hydrogen-bond donors (Lipinski definition) is 1. The Bertz CT molecular complexity index is 272. The van der Waals surface area contributed by atoms with Crippen LogP contribution in [0.15, 0.2) is 0 Å². The van der Waals surface area contributed by atoms with E-state index >= 15 is 0 Å². The van der Waals surface area contributed by atoms with Crippen LogP contribution in [0.5, 0.6) is 0 Å². The Balaban J connectivity index is 2.05. The fraction of sp³-hybridized carbons (Fsp3) is 1.00. The van der Waals surface area contributed by atoms with Gasteiger partial charge >= 0.3 is 0 Å². The summed E-state index contributed by atoms with van der Waals surface area (Å²) in [6, 6.07) is -0.0212. The maximum Gasteiger partial charge on any atom is 0.0963 e. The standard InChI is InChI=1S/C13H25NO3/c1-12(2)7-9(13(3,4)17-12)11(14)10-8-15-5-6-16-10/h9-11H,5-8,14H2,1-4H3. The molecule has 17 heavy (non-hydrogen) atoms. The molecule has 0 bridgehead atoms. The maximum absolute atomic E-state index is 6.37. The lowest BCUT2D eigenvalue weighted by molar-refractivity contribution is -0.118. The summed E-state index contributed by atoms with van der Waals surface area (Å²) in [4.78, 5) is 0. The summed E-state index contributed by atoms with van der Waals surface area (Å²) in [5.74, 6) is 0.309. The summed E-state index contributed by atoms with van der Waals surface area (Å²) >= 11 is 0. The molecule has 0 aromatic rings. The van der Waals surface area contributed by atoms with Crippen molar-refractivity contribution in [2.75, 3.05) is 19.8 Å². The molecule has 3 unspecified atom stereocenters. The highest BCUT2D eigenvalue weighted by Crippen LogP contribution is 2.44. The van der Waals surface area contributed by atoms with Gasteiger partial charge in [-0.1, -0.05) is 0 Å². The lowest BCUT2D eigenvalue weighted by Crippen LogP contribution is -2.52. The third kappa shape index (κ3) is 2.81. The Morgan fingerprint density at radius 1 is 1.18 bits per heavy atom. The molecule has 0 amide bonds. The molecule has 2 heterocycles. The molecular weight excluding hydrogens is 218 g/mol. The zero-order valence-corrected chi connectivity index (χ0v) is 11.4. The highest BCUT2D eigenvalue weighted by Gasteiger charge is 2.50. The molecule has 2 aliphatic rings. The van der Waals surface area contributed by atoms with Crippen LogP contribution in [-0.4, -0.2) is 43.2 Å². The minimum Gasteiger partial charge on any atom is -0.376 e. The van der Waals surface area contributed by atoms with Gasteiger partial charge in [-0.15, -0.1) is 0 Å². The van der Waals surface area contributed by atoms with Crippen LogP contribution in [0.25, 0.3) is 0 Å². The zero-order valence-electron chi connectivity index (χ0n) is 11.4. The average molecular weight is 243 g/mol. The smallest absolute Gasteiger partial charge is 0.0963 e. The Hall–Kier alpha value is -0.160. The fourth-order valence-electron chi connectivity index (χ4n) is 3.19. The topological polar surface area (TPSA) is 53.7 Å². The van der Waals surface area contributed by atoms with Crippen LogP contribution in [0.3, 0.4) is 0 Å². The molecule has 4 heteroatoms. The Labute approximate surface area is 104 Å². The number of ether oxygens (including phenoxy) is 3. The van der Waals surface area contributed by atoms with Crippen molar-refractivity contribution >= 4 is 0 Å². The van der Waals surface area contributed by atoms with Crippen LogP contribution in [0.4, 0.5) is 0 Å². The van der Waals surface area contributed by atoms with Gasteiger partial charge in [0.25, 0.3) is 0 Å². The van der Waals surface area contributed by atoms with E-state index in [0.717, 1.165) is 6.42 Å². The van der Waals surface area contributed by atoms with E-state index in [1.165, 1.54) is 0 Å². The highest BCUT2D eigenvalue weighted by molar-refractivity contribution is 5.00. The van der Waals surface area contributed by atoms with Crippen LogP contribution in [0, 0.1) is 5.92 Å². The van der Waals surface area contributed by atoms with Crippen molar-refractivity contribution in [3.8, 4) is 0 Å². The molecule has 2 aliphatic heterocycles. The van der Waals surface area contributed by atoms with E-state index in [1.807, 2.05) is 0 Å². The predicted octanol–water partition coefficient (Wildman–Crippen LogP) is 1.32. The summed E-state index contributed by atoms with van der Waals surface area (Å²) in [6.45, 7) is 10.4. The van der Waals surface area contributed by atoms with E-state index in [4.69, 9.17) is 19.9 Å². The fourth-order valence-corrected chi connectivity index (χ4v) is 3.19. The molecule has 2 rings (SSSR count). The van der Waals surface area contributed by atoms with Gasteiger partial charge in [-0.2, -0.15) is 0 Å². The van der Waals surface area contributed by atoms with Crippen molar-refractivity contribution in [1.82, 2.24) is 0 Å². The first kappa shape index (κ1) is 13.3. The maximum atomic E-state index is 6.37. The highest BCUT2D eigenvalue weighted by atomic mass is 16.6. The SMILES string of the molecule is CC1(C)CC(C(N)C2COCCO2)C(C)(C)O1. The van der Waals surface area contributed by atoms with Gasteiger partial charge in [0.15, 0.2) is 0 Å². The van der Waals surface area contributed by atoms with E-state index in [0.29, 0.717) is 25.7 Å². The monoisotopic (exact) mass is 243 g/mol. The van der Waals surface area contributed by atoms with Crippen LogP contribution in [-0.2, 0) is 14.2 Å². The van der Waals surface area contributed by atoms with Crippen LogP contribution < -0.4 is 5.73 Å². The quantitative estimate of drug-likeness (QED) is 0.795. The van der Waals surface area contributed by atoms with Gasteiger partial charge in [-0.05, 0) is 34.1 Å². The van der Waals surface area contributed by atoms with Gasteiger partial charge in [-0.3, -0.25) is 0 Å². The molecule has 0 aromatic carbocycles. The molecule has 2 N–H and O–H groups in total. The van der Waals surface area contributed by atoms with Gasteiger partial charge in [0.05, 0.1) is 37.1 Å². The summed E-state index contributed by atoms with van der Waals surface area (Å²) in [7, 11) is 0. The second kappa shape index (κ2) is 4.50. The van der Waals surface area contributed by atoms with Gasteiger partial charge in [0.1, 0.15) is 0 Å². The molecular formula is C13H25NO3. The molecule has 100 valence electrons. The summed E-state index contributed by atoms with van der Waals surface area (Å²) < 4.78 is 17.2. The Kier molecular flexibility index (Phi) is 3.51. The predicted molar refractivity (Wildman–Crippen MR) is 65.9 cm³/mol. The van der Waals surface area contributed by atoms with E-state index < -0.39 is 0 Å². The number of rotatable bonds is 2. The Morgan fingerprint density at radius 2 is 1.88 bits per heavy atom. The number of hydrogen-bond acceptors (Lipinski definition) is 4.